The number of benzene rings is 1. The average molecular weight is 348 g/mol. The number of rotatable bonds is 8. The van der Waals surface area contributed by atoms with Gasteiger partial charge in [0.2, 0.25) is 0 Å². The number of anilines is 1. The summed E-state index contributed by atoms with van der Waals surface area (Å²) in [5.74, 6) is 5.18. The molecule has 2 aromatic rings. The van der Waals surface area contributed by atoms with E-state index in [4.69, 9.17) is 5.90 Å². The van der Waals surface area contributed by atoms with Gasteiger partial charge in [0.1, 0.15) is 5.82 Å². The number of aromatic nitrogens is 1. The van der Waals surface area contributed by atoms with Crippen LogP contribution in [-0.2, 0) is 15.0 Å². The van der Waals surface area contributed by atoms with Gasteiger partial charge in [-0.3, -0.25) is 0 Å². The summed E-state index contributed by atoms with van der Waals surface area (Å²) in [4.78, 5) is 8.51. The van der Waals surface area contributed by atoms with Crippen LogP contribution < -0.4 is 10.2 Å². The Labute approximate surface area is 141 Å². The van der Waals surface area contributed by atoms with E-state index in [0.29, 0.717) is 18.7 Å². The number of oxime groups is 1. The van der Waals surface area contributed by atoms with Crippen molar-refractivity contribution >= 4 is 22.1 Å². The first-order valence-electron chi connectivity index (χ1n) is 7.44. The fraction of sp³-hybridized carbons (Fsp3) is 0.250. The van der Waals surface area contributed by atoms with Gasteiger partial charge in [-0.2, -0.15) is 0 Å². The minimum absolute atomic E-state index is 0.234. The Morgan fingerprint density at radius 3 is 2.62 bits per heavy atom. The van der Waals surface area contributed by atoms with Gasteiger partial charge in [-0.05, 0) is 44.0 Å². The van der Waals surface area contributed by atoms with Crippen LogP contribution in [0, 0.1) is 6.92 Å². The molecular formula is C16H20N4O3S. The quantitative estimate of drug-likeness (QED) is 0.448. The second kappa shape index (κ2) is 8.42. The smallest absolute Gasteiger partial charge is 0.265 e. The van der Waals surface area contributed by atoms with E-state index in [9.17, 15) is 8.42 Å². The van der Waals surface area contributed by atoms with Crippen molar-refractivity contribution in [1.29, 1.82) is 0 Å². The fourth-order valence-corrected chi connectivity index (χ4v) is 3.58. The molecule has 8 heteroatoms. The first kappa shape index (κ1) is 17.9. The van der Waals surface area contributed by atoms with Crippen LogP contribution in [0.1, 0.15) is 18.4 Å². The molecule has 0 bridgehead atoms. The van der Waals surface area contributed by atoms with Crippen LogP contribution in [0.25, 0.3) is 0 Å². The van der Waals surface area contributed by atoms with Gasteiger partial charge in [0.15, 0.2) is 0 Å². The van der Waals surface area contributed by atoms with E-state index >= 15 is 0 Å². The van der Waals surface area contributed by atoms with Crippen LogP contribution in [-0.4, -0.2) is 26.2 Å². The normalized spacial score (nSPS) is 11.6. The van der Waals surface area contributed by atoms with E-state index in [1.165, 1.54) is 10.5 Å². The van der Waals surface area contributed by atoms with E-state index in [2.05, 4.69) is 15.1 Å². The SMILES string of the molecule is Cc1ccc(S(=O)(=O)N(CCCC=NON)c2ccccn2)cc1. The van der Waals surface area contributed by atoms with E-state index in [-0.39, 0.29) is 11.4 Å². The third-order valence-electron chi connectivity index (χ3n) is 3.34. The monoisotopic (exact) mass is 348 g/mol. The van der Waals surface area contributed by atoms with Gasteiger partial charge in [0, 0.05) is 19.0 Å². The van der Waals surface area contributed by atoms with Crippen molar-refractivity contribution in [3.63, 3.8) is 0 Å². The summed E-state index contributed by atoms with van der Waals surface area (Å²) < 4.78 is 27.2. The molecule has 0 aliphatic carbocycles. The largest absolute Gasteiger partial charge is 0.303 e. The van der Waals surface area contributed by atoms with Gasteiger partial charge in [-0.1, -0.05) is 28.9 Å². The van der Waals surface area contributed by atoms with E-state index in [1.807, 2.05) is 6.92 Å². The molecule has 0 amide bonds. The molecule has 0 saturated heterocycles. The van der Waals surface area contributed by atoms with Gasteiger partial charge >= 0.3 is 0 Å². The summed E-state index contributed by atoms with van der Waals surface area (Å²) in [7, 11) is -3.69. The zero-order valence-electron chi connectivity index (χ0n) is 13.4. The van der Waals surface area contributed by atoms with Crippen molar-refractivity contribution in [1.82, 2.24) is 4.98 Å². The van der Waals surface area contributed by atoms with Crippen molar-refractivity contribution in [2.45, 2.75) is 24.7 Å². The summed E-state index contributed by atoms with van der Waals surface area (Å²) in [6.07, 6.45) is 4.14. The molecule has 0 aliphatic rings. The predicted molar refractivity (Wildman–Crippen MR) is 92.9 cm³/mol. The molecule has 0 unspecified atom stereocenters. The van der Waals surface area contributed by atoms with Crippen molar-refractivity contribution in [2.75, 3.05) is 10.8 Å². The highest BCUT2D eigenvalue weighted by atomic mass is 32.2. The molecule has 24 heavy (non-hydrogen) atoms. The zero-order chi connectivity index (χ0) is 17.4. The number of unbranched alkanes of at least 4 members (excludes halogenated alkanes) is 1. The number of hydrogen-bond donors (Lipinski definition) is 1. The van der Waals surface area contributed by atoms with Gasteiger partial charge < -0.3 is 4.94 Å². The minimum Gasteiger partial charge on any atom is -0.303 e. The van der Waals surface area contributed by atoms with Crippen LogP contribution in [0.3, 0.4) is 0 Å². The lowest BCUT2D eigenvalue weighted by atomic mass is 10.2. The molecule has 1 heterocycles. The molecule has 2 N–H and O–H groups in total. The third-order valence-corrected chi connectivity index (χ3v) is 5.16. The highest BCUT2D eigenvalue weighted by Gasteiger charge is 2.25. The van der Waals surface area contributed by atoms with Crippen molar-refractivity contribution in [3.8, 4) is 0 Å². The molecule has 7 nitrogen and oxygen atoms in total. The summed E-state index contributed by atoms with van der Waals surface area (Å²) >= 11 is 0. The van der Waals surface area contributed by atoms with Crippen LogP contribution in [0.2, 0.25) is 0 Å². The van der Waals surface area contributed by atoms with Crippen LogP contribution in [0.15, 0.2) is 58.7 Å². The topological polar surface area (TPSA) is 97.9 Å². The summed E-state index contributed by atoms with van der Waals surface area (Å²) in [5, 5.41) is 3.44. The third kappa shape index (κ3) is 4.53. The van der Waals surface area contributed by atoms with E-state index in [1.54, 1.807) is 48.7 Å². The standard InChI is InChI=1S/C16H20N4O3S/c1-14-7-9-15(10-8-14)24(21,22)20(13-5-4-12-19-23-17)16-6-2-3-11-18-16/h2-3,6-12H,4-5,13,17H2,1H3. The van der Waals surface area contributed by atoms with Crippen LogP contribution >= 0.6 is 0 Å². The Morgan fingerprint density at radius 2 is 2.00 bits per heavy atom. The van der Waals surface area contributed by atoms with Gasteiger partial charge in [-0.25, -0.2) is 17.7 Å². The van der Waals surface area contributed by atoms with Crippen LogP contribution in [0.5, 0.6) is 0 Å². The maximum absolute atomic E-state index is 13.0. The first-order chi connectivity index (χ1) is 11.6. The molecule has 0 radical (unpaired) electrons. The highest BCUT2D eigenvalue weighted by molar-refractivity contribution is 7.92. The van der Waals surface area contributed by atoms with E-state index < -0.39 is 10.0 Å². The molecule has 0 spiro atoms. The van der Waals surface area contributed by atoms with Crippen molar-refractivity contribution < 1.29 is 13.4 Å². The Kier molecular flexibility index (Phi) is 6.28. The lowest BCUT2D eigenvalue weighted by molar-refractivity contribution is 0.150. The molecule has 0 atom stereocenters. The lowest BCUT2D eigenvalue weighted by Crippen LogP contribution is -2.32. The Morgan fingerprint density at radius 1 is 1.25 bits per heavy atom. The van der Waals surface area contributed by atoms with Gasteiger partial charge in [0.05, 0.1) is 4.90 Å². The molecule has 0 saturated carbocycles. The average Bonchev–Trinajstić information content (AvgIpc) is 2.59. The molecule has 128 valence electrons. The van der Waals surface area contributed by atoms with Crippen molar-refractivity contribution in [3.05, 3.63) is 54.2 Å². The lowest BCUT2D eigenvalue weighted by Gasteiger charge is -2.23. The molecule has 2 rings (SSSR count). The molecule has 0 aliphatic heterocycles. The Hall–Kier alpha value is -2.45. The van der Waals surface area contributed by atoms with Crippen molar-refractivity contribution in [2.24, 2.45) is 11.1 Å². The number of nitrogens with two attached hydrogens (primary N) is 1. The molecule has 1 aromatic heterocycles. The minimum atomic E-state index is -3.69. The summed E-state index contributed by atoms with van der Waals surface area (Å²) in [6, 6.07) is 11.9. The maximum atomic E-state index is 13.0. The number of nitrogens with zero attached hydrogens (tertiary/aromatic N) is 3. The second-order valence-corrected chi connectivity index (χ2v) is 6.98. The molecule has 0 fully saturated rings. The predicted octanol–water partition coefficient (Wildman–Crippen LogP) is 2.24. The molecular weight excluding hydrogens is 328 g/mol. The summed E-state index contributed by atoms with van der Waals surface area (Å²) in [5.41, 5.74) is 0.997. The summed E-state index contributed by atoms with van der Waals surface area (Å²) in [6.45, 7) is 2.18. The number of pyridine rings is 1. The van der Waals surface area contributed by atoms with E-state index in [0.717, 1.165) is 5.56 Å². The van der Waals surface area contributed by atoms with Crippen LogP contribution in [0.4, 0.5) is 5.82 Å². The Bertz CT molecular complexity index is 762. The number of aryl methyl sites for hydroxylation is 1. The maximum Gasteiger partial charge on any atom is 0.265 e. The highest BCUT2D eigenvalue weighted by Crippen LogP contribution is 2.22. The molecule has 1 aromatic carbocycles. The Balaban J connectivity index is 2.27. The number of sulfonamides is 1. The zero-order valence-corrected chi connectivity index (χ0v) is 14.2. The fourth-order valence-electron chi connectivity index (χ4n) is 2.12. The van der Waals surface area contributed by atoms with Gasteiger partial charge in [-0.15, -0.1) is 5.90 Å². The second-order valence-electron chi connectivity index (χ2n) is 5.11. The number of hydrogen-bond acceptors (Lipinski definition) is 6. The van der Waals surface area contributed by atoms with Gasteiger partial charge in [0.25, 0.3) is 10.0 Å². The first-order valence-corrected chi connectivity index (χ1v) is 8.88.